The van der Waals surface area contributed by atoms with E-state index in [0.717, 1.165) is 54.3 Å². The van der Waals surface area contributed by atoms with Gasteiger partial charge in [-0.2, -0.15) is 19.6 Å². The quantitative estimate of drug-likeness (QED) is 0.184. The van der Waals surface area contributed by atoms with Crippen molar-refractivity contribution in [1.82, 2.24) is 38.8 Å². The second-order valence-corrected chi connectivity index (χ2v) is 18.7. The fourth-order valence-corrected chi connectivity index (χ4v) is 10.5. The first-order valence-electron chi connectivity index (χ1n) is 20.8. The molecular weight excluding hydrogens is 783 g/mol. The third kappa shape index (κ3) is 8.23. The molecule has 3 aromatic heterocycles. The van der Waals surface area contributed by atoms with Gasteiger partial charge < -0.3 is 10.2 Å². The van der Waals surface area contributed by atoms with Crippen LogP contribution in [-0.2, 0) is 28.3 Å². The molecule has 2 aromatic carbocycles. The molecule has 3 amide bonds. The van der Waals surface area contributed by atoms with E-state index in [1.807, 2.05) is 27.0 Å². The van der Waals surface area contributed by atoms with E-state index in [0.29, 0.717) is 67.8 Å². The maximum Gasteiger partial charge on any atom is 0.329 e. The van der Waals surface area contributed by atoms with E-state index in [-0.39, 0.29) is 40.8 Å². The van der Waals surface area contributed by atoms with Gasteiger partial charge in [-0.15, -0.1) is 0 Å². The van der Waals surface area contributed by atoms with E-state index in [9.17, 15) is 28.1 Å². The second kappa shape index (κ2) is 16.7. The number of pyridine rings is 1. The van der Waals surface area contributed by atoms with Gasteiger partial charge in [0.2, 0.25) is 21.9 Å². The molecule has 17 heteroatoms. The Hall–Kier alpha value is -5.70. The highest BCUT2D eigenvalue weighted by Gasteiger charge is 2.32. The Morgan fingerprint density at radius 2 is 1.72 bits per heavy atom. The van der Waals surface area contributed by atoms with Crippen LogP contribution < -0.4 is 21.1 Å². The number of anilines is 2. The second-order valence-electron chi connectivity index (χ2n) is 16.7. The minimum atomic E-state index is -3.80. The minimum absolute atomic E-state index is 0.0394. The molecule has 0 spiro atoms. The van der Waals surface area contributed by atoms with Crippen molar-refractivity contribution < 1.29 is 18.0 Å². The largest absolute Gasteiger partial charge is 0.351 e. The molecule has 0 saturated carbocycles. The number of hydrogen-bond donors (Lipinski definition) is 2. The molecule has 3 saturated heterocycles. The average molecular weight is 834 g/mol. The standard InChI is InChI=1S/C43H51N11O5S/c1-27(2)54-39(56)10-7-32-25-45-42(48-40(32)54)46-34-13-18-52(19-14-34)60(58,59)35-8-5-31(24-44)33(22-35)21-28(3)26-51-16-11-29(12-17-51)30-6-9-36-37(23-30)50(4)49-41(36)53-20-15-38(55)47-43(53)57/h5-10,22-23,25,27-29,34H,11-21,26H2,1-4H3,(H,45,46,48)(H,47,55,57). The number of carbonyl (C=O) groups excluding carboxylic acids is 2. The number of nitriles is 1. The first-order chi connectivity index (χ1) is 28.8. The number of rotatable bonds is 11. The molecule has 2 N–H and O–H groups in total. The monoisotopic (exact) mass is 833 g/mol. The summed E-state index contributed by atoms with van der Waals surface area (Å²) in [6.07, 6.45) is 5.61. The van der Waals surface area contributed by atoms with Gasteiger partial charge in [-0.3, -0.25) is 29.1 Å². The Morgan fingerprint density at radius 3 is 2.43 bits per heavy atom. The Morgan fingerprint density at radius 1 is 0.950 bits per heavy atom. The molecule has 3 fully saturated rings. The molecule has 0 bridgehead atoms. The molecule has 0 aliphatic carbocycles. The van der Waals surface area contributed by atoms with E-state index in [1.165, 1.54) is 20.8 Å². The third-order valence-electron chi connectivity index (χ3n) is 12.2. The van der Waals surface area contributed by atoms with Crippen LogP contribution in [-0.4, -0.2) is 99.2 Å². The van der Waals surface area contributed by atoms with Crippen LogP contribution in [0.4, 0.5) is 16.6 Å². The molecule has 3 aliphatic rings. The molecule has 314 valence electrons. The number of urea groups is 1. The summed E-state index contributed by atoms with van der Waals surface area (Å²) in [6, 6.07) is 16.2. The number of amides is 3. The van der Waals surface area contributed by atoms with E-state index in [1.54, 1.807) is 39.7 Å². The summed E-state index contributed by atoms with van der Waals surface area (Å²) < 4.78 is 32.8. The van der Waals surface area contributed by atoms with E-state index in [4.69, 9.17) is 0 Å². The van der Waals surface area contributed by atoms with Crippen LogP contribution in [0, 0.1) is 17.2 Å². The Balaban J connectivity index is 0.861. The summed E-state index contributed by atoms with van der Waals surface area (Å²) in [5.74, 6) is 1.25. The van der Waals surface area contributed by atoms with E-state index < -0.39 is 16.1 Å². The lowest BCUT2D eigenvalue weighted by Crippen LogP contribution is -2.49. The molecule has 6 heterocycles. The normalized spacial score (nSPS) is 18.3. The van der Waals surface area contributed by atoms with Gasteiger partial charge in [-0.05, 0) is 118 Å². The molecule has 1 atom stereocenters. The number of hydrogen-bond acceptors (Lipinski definition) is 11. The highest BCUT2D eigenvalue weighted by Crippen LogP contribution is 2.34. The Kier molecular flexibility index (Phi) is 11.5. The molecule has 8 rings (SSSR count). The van der Waals surface area contributed by atoms with Crippen molar-refractivity contribution in [3.63, 3.8) is 0 Å². The third-order valence-corrected chi connectivity index (χ3v) is 14.1. The van der Waals surface area contributed by atoms with Gasteiger partial charge in [-0.25, -0.2) is 18.2 Å². The van der Waals surface area contributed by atoms with Crippen LogP contribution in [0.2, 0.25) is 0 Å². The number of likely N-dealkylation sites (tertiary alicyclic amines) is 1. The average Bonchev–Trinajstić information content (AvgIpc) is 3.55. The number of nitrogens with zero attached hydrogens (tertiary/aromatic N) is 9. The van der Waals surface area contributed by atoms with Crippen LogP contribution in [0.25, 0.3) is 21.9 Å². The Bertz CT molecular complexity index is 2670. The van der Waals surface area contributed by atoms with Gasteiger partial charge in [0.1, 0.15) is 5.65 Å². The lowest BCUT2D eigenvalue weighted by molar-refractivity contribution is -0.120. The summed E-state index contributed by atoms with van der Waals surface area (Å²) in [7, 11) is -1.93. The topological polar surface area (TPSA) is 191 Å². The van der Waals surface area contributed by atoms with Crippen molar-refractivity contribution in [2.75, 3.05) is 49.5 Å². The van der Waals surface area contributed by atoms with Crippen LogP contribution in [0.15, 0.2) is 64.4 Å². The number of sulfonamides is 1. The molecular formula is C43H51N11O5S. The van der Waals surface area contributed by atoms with Crippen molar-refractivity contribution >= 4 is 55.7 Å². The van der Waals surface area contributed by atoms with Crippen molar-refractivity contribution in [2.24, 2.45) is 13.0 Å². The lowest BCUT2D eigenvalue weighted by Gasteiger charge is -2.34. The highest BCUT2D eigenvalue weighted by molar-refractivity contribution is 7.89. The first kappa shape index (κ1) is 41.1. The fourth-order valence-electron chi connectivity index (χ4n) is 8.99. The molecule has 60 heavy (non-hydrogen) atoms. The van der Waals surface area contributed by atoms with E-state index in [2.05, 4.69) is 55.7 Å². The Labute approximate surface area is 349 Å². The number of fused-ring (bicyclic) bond motifs is 2. The van der Waals surface area contributed by atoms with Crippen LogP contribution in [0.1, 0.15) is 81.5 Å². The predicted octanol–water partition coefficient (Wildman–Crippen LogP) is 4.90. The summed E-state index contributed by atoms with van der Waals surface area (Å²) in [4.78, 5) is 50.0. The van der Waals surface area contributed by atoms with Crippen molar-refractivity contribution in [3.05, 3.63) is 81.8 Å². The van der Waals surface area contributed by atoms with Crippen LogP contribution >= 0.6 is 0 Å². The van der Waals surface area contributed by atoms with E-state index >= 15 is 0 Å². The van der Waals surface area contributed by atoms with Gasteiger partial charge >= 0.3 is 6.03 Å². The number of imide groups is 1. The number of benzene rings is 2. The van der Waals surface area contributed by atoms with Crippen LogP contribution in [0.5, 0.6) is 0 Å². The van der Waals surface area contributed by atoms with Crippen molar-refractivity contribution in [1.29, 1.82) is 5.26 Å². The van der Waals surface area contributed by atoms with Crippen molar-refractivity contribution in [2.45, 2.75) is 82.2 Å². The first-order valence-corrected chi connectivity index (χ1v) is 22.2. The maximum absolute atomic E-state index is 13.9. The number of aryl methyl sites for hydroxylation is 1. The van der Waals surface area contributed by atoms with Gasteiger partial charge in [-0.1, -0.05) is 13.0 Å². The number of nitrogens with one attached hydrogen (secondary N) is 2. The lowest BCUT2D eigenvalue weighted by atomic mass is 9.88. The summed E-state index contributed by atoms with van der Waals surface area (Å²) in [5.41, 5.74) is 3.84. The van der Waals surface area contributed by atoms with Gasteiger partial charge in [0.25, 0.3) is 5.56 Å². The number of carbonyl (C=O) groups is 2. The zero-order valence-corrected chi connectivity index (χ0v) is 35.3. The summed E-state index contributed by atoms with van der Waals surface area (Å²) in [5, 5.41) is 22.0. The molecule has 16 nitrogen and oxygen atoms in total. The fraction of sp³-hybridized carbons (Fsp3) is 0.465. The van der Waals surface area contributed by atoms with Crippen LogP contribution in [0.3, 0.4) is 0 Å². The zero-order valence-electron chi connectivity index (χ0n) is 34.5. The predicted molar refractivity (Wildman–Crippen MR) is 228 cm³/mol. The maximum atomic E-state index is 13.9. The van der Waals surface area contributed by atoms with Crippen molar-refractivity contribution in [3.8, 4) is 6.07 Å². The molecule has 1 unspecified atom stereocenters. The minimum Gasteiger partial charge on any atom is -0.351 e. The molecule has 0 radical (unpaired) electrons. The SMILES string of the molecule is CC(Cc1cc(S(=O)(=O)N2CCC(Nc3ncc4ccc(=O)n(C(C)C)c4n3)CC2)ccc1C#N)CN1CCC(c2ccc3c(N4CCC(=O)NC4=O)nn(C)c3c2)CC1. The summed E-state index contributed by atoms with van der Waals surface area (Å²) >= 11 is 0. The highest BCUT2D eigenvalue weighted by atomic mass is 32.2. The van der Waals surface area contributed by atoms with Gasteiger partial charge in [0.05, 0.1) is 22.0 Å². The number of aromatic nitrogens is 5. The van der Waals surface area contributed by atoms with Gasteiger partial charge in [0.15, 0.2) is 5.82 Å². The zero-order chi connectivity index (χ0) is 42.3. The number of piperidine rings is 2. The molecule has 3 aliphatic heterocycles. The molecule has 5 aromatic rings. The van der Waals surface area contributed by atoms with Gasteiger partial charge in [0, 0.05) is 74.8 Å². The smallest absolute Gasteiger partial charge is 0.329 e. The summed E-state index contributed by atoms with van der Waals surface area (Å²) in [6.45, 7) is 9.63.